The second kappa shape index (κ2) is 10.9. The van der Waals surface area contributed by atoms with Crippen LogP contribution in [0.2, 0.25) is 0 Å². The molecule has 2 heterocycles. The molecule has 3 N–H and O–H groups in total. The second-order valence-electron chi connectivity index (χ2n) is 8.02. The van der Waals surface area contributed by atoms with Gasteiger partial charge in [0.2, 0.25) is 0 Å². The van der Waals surface area contributed by atoms with Crippen LogP contribution in [0, 0.1) is 13.8 Å². The molecule has 0 bridgehead atoms. The van der Waals surface area contributed by atoms with E-state index in [4.69, 9.17) is 4.74 Å². The third-order valence-corrected chi connectivity index (χ3v) is 6.93. The predicted octanol–water partition coefficient (Wildman–Crippen LogP) is 3.37. The molecule has 1 atom stereocenters. The quantitative estimate of drug-likeness (QED) is 0.443. The van der Waals surface area contributed by atoms with Crippen LogP contribution in [0.3, 0.4) is 0 Å². The van der Waals surface area contributed by atoms with Crippen molar-refractivity contribution in [2.45, 2.75) is 51.6 Å². The van der Waals surface area contributed by atoms with E-state index in [2.05, 4.69) is 77.0 Å². The Labute approximate surface area is 184 Å². The van der Waals surface area contributed by atoms with Gasteiger partial charge in [0.15, 0.2) is 5.96 Å². The van der Waals surface area contributed by atoms with Crippen molar-refractivity contribution in [2.75, 3.05) is 33.4 Å². The van der Waals surface area contributed by atoms with Crippen LogP contribution < -0.4 is 16.0 Å². The molecule has 0 aliphatic carbocycles. The van der Waals surface area contributed by atoms with Gasteiger partial charge in [-0.25, -0.2) is 4.98 Å². The molecule has 0 amide bonds. The van der Waals surface area contributed by atoms with Crippen LogP contribution in [-0.4, -0.2) is 49.8 Å². The summed E-state index contributed by atoms with van der Waals surface area (Å²) < 4.78 is 5.65. The number of hydrogen-bond donors (Lipinski definition) is 3. The van der Waals surface area contributed by atoms with Gasteiger partial charge in [0.1, 0.15) is 0 Å². The Morgan fingerprint density at radius 3 is 2.57 bits per heavy atom. The first-order valence-corrected chi connectivity index (χ1v) is 11.6. The molecule has 1 aromatic heterocycles. The first-order chi connectivity index (χ1) is 14.5. The maximum Gasteiger partial charge on any atom is 0.191 e. The highest BCUT2D eigenvalue weighted by molar-refractivity contribution is 7.11. The van der Waals surface area contributed by atoms with E-state index < -0.39 is 0 Å². The van der Waals surface area contributed by atoms with Gasteiger partial charge in [0.05, 0.1) is 10.7 Å². The fourth-order valence-corrected chi connectivity index (χ4v) is 4.76. The molecular weight excluding hydrogens is 394 g/mol. The maximum atomic E-state index is 5.65. The zero-order chi connectivity index (χ0) is 21.4. The smallest absolute Gasteiger partial charge is 0.191 e. The minimum Gasteiger partial charge on any atom is -0.381 e. The standard InChI is InChI=1S/C23H35N5OS/c1-17-19(3)30-21(27-17)10-13-25-22(24-4)26-16-23(11-14-29-15-12-23)28-18(2)20-8-6-5-7-9-20/h5-9,18,28H,10-16H2,1-4H3,(H2,24,25,26). The van der Waals surface area contributed by atoms with E-state index in [1.807, 2.05) is 7.05 Å². The van der Waals surface area contributed by atoms with E-state index in [9.17, 15) is 0 Å². The average molecular weight is 430 g/mol. The number of hydrogen-bond acceptors (Lipinski definition) is 5. The predicted molar refractivity (Wildman–Crippen MR) is 125 cm³/mol. The van der Waals surface area contributed by atoms with Gasteiger partial charge in [-0.2, -0.15) is 0 Å². The van der Waals surface area contributed by atoms with Gasteiger partial charge in [0.25, 0.3) is 0 Å². The zero-order valence-electron chi connectivity index (χ0n) is 18.6. The van der Waals surface area contributed by atoms with E-state index in [1.165, 1.54) is 15.4 Å². The van der Waals surface area contributed by atoms with Gasteiger partial charge in [-0.15, -0.1) is 11.3 Å². The normalized spacial score (nSPS) is 17.5. The van der Waals surface area contributed by atoms with Gasteiger partial charge in [-0.3, -0.25) is 4.99 Å². The molecule has 7 heteroatoms. The Morgan fingerprint density at radius 1 is 1.20 bits per heavy atom. The molecule has 6 nitrogen and oxygen atoms in total. The minimum atomic E-state index is -0.0192. The first kappa shape index (κ1) is 22.7. The number of thiazole rings is 1. The van der Waals surface area contributed by atoms with E-state index in [-0.39, 0.29) is 11.6 Å². The Hall–Kier alpha value is -1.96. The average Bonchev–Trinajstić information content (AvgIpc) is 3.09. The highest BCUT2D eigenvalue weighted by atomic mass is 32.1. The summed E-state index contributed by atoms with van der Waals surface area (Å²) in [6.07, 6.45) is 2.86. The maximum absolute atomic E-state index is 5.65. The number of nitrogens with zero attached hydrogens (tertiary/aromatic N) is 2. The number of benzene rings is 1. The minimum absolute atomic E-state index is 0.0192. The van der Waals surface area contributed by atoms with E-state index in [1.54, 1.807) is 11.3 Å². The molecule has 1 saturated heterocycles. The molecule has 1 aromatic carbocycles. The molecule has 1 fully saturated rings. The van der Waals surface area contributed by atoms with Crippen molar-refractivity contribution in [3.05, 3.63) is 51.5 Å². The number of aliphatic imine (C=N–C) groups is 1. The topological polar surface area (TPSA) is 70.6 Å². The molecule has 1 unspecified atom stereocenters. The lowest BCUT2D eigenvalue weighted by atomic mass is 9.88. The Bertz CT molecular complexity index is 795. The molecule has 30 heavy (non-hydrogen) atoms. The number of guanidine groups is 1. The second-order valence-corrected chi connectivity index (χ2v) is 9.31. The summed E-state index contributed by atoms with van der Waals surface area (Å²) in [5.41, 5.74) is 2.42. The van der Waals surface area contributed by atoms with Gasteiger partial charge >= 0.3 is 0 Å². The lowest BCUT2D eigenvalue weighted by Crippen LogP contribution is -2.58. The highest BCUT2D eigenvalue weighted by Crippen LogP contribution is 2.25. The summed E-state index contributed by atoms with van der Waals surface area (Å²) in [7, 11) is 1.82. The van der Waals surface area contributed by atoms with Gasteiger partial charge in [-0.05, 0) is 39.2 Å². The number of aryl methyl sites for hydroxylation is 2. The van der Waals surface area contributed by atoms with E-state index >= 15 is 0 Å². The highest BCUT2D eigenvalue weighted by Gasteiger charge is 2.34. The number of aromatic nitrogens is 1. The zero-order valence-corrected chi connectivity index (χ0v) is 19.4. The molecule has 2 aromatic rings. The molecule has 3 rings (SSSR count). The third-order valence-electron chi connectivity index (χ3n) is 5.79. The lowest BCUT2D eigenvalue weighted by molar-refractivity contribution is 0.0355. The SMILES string of the molecule is CN=C(NCCc1nc(C)c(C)s1)NCC1(NC(C)c2ccccc2)CCOCC1. The van der Waals surface area contributed by atoms with Crippen molar-refractivity contribution in [3.8, 4) is 0 Å². The van der Waals surface area contributed by atoms with Crippen molar-refractivity contribution < 1.29 is 4.74 Å². The van der Waals surface area contributed by atoms with Crippen LogP contribution in [0.1, 0.15) is 46.9 Å². The van der Waals surface area contributed by atoms with Crippen molar-refractivity contribution in [1.82, 2.24) is 20.9 Å². The molecule has 0 spiro atoms. The Kier molecular flexibility index (Phi) is 8.24. The summed E-state index contributed by atoms with van der Waals surface area (Å²) >= 11 is 1.78. The first-order valence-electron chi connectivity index (χ1n) is 10.8. The van der Waals surface area contributed by atoms with E-state index in [0.717, 1.165) is 57.2 Å². The summed E-state index contributed by atoms with van der Waals surface area (Å²) in [6, 6.07) is 10.9. The molecule has 0 radical (unpaired) electrons. The van der Waals surface area contributed by atoms with E-state index in [0.29, 0.717) is 0 Å². The molecular formula is C23H35N5OS. The van der Waals surface area contributed by atoms with Crippen LogP contribution in [0.5, 0.6) is 0 Å². The summed E-state index contributed by atoms with van der Waals surface area (Å²) in [5, 5.41) is 12.0. The Morgan fingerprint density at radius 2 is 1.93 bits per heavy atom. The summed E-state index contributed by atoms with van der Waals surface area (Å²) in [4.78, 5) is 10.3. The van der Waals surface area contributed by atoms with Crippen LogP contribution in [0.4, 0.5) is 0 Å². The molecule has 1 aliphatic rings. The van der Waals surface area contributed by atoms with Crippen molar-refractivity contribution in [2.24, 2.45) is 4.99 Å². The lowest BCUT2D eigenvalue weighted by Gasteiger charge is -2.41. The molecule has 1 aliphatic heterocycles. The summed E-state index contributed by atoms with van der Waals surface area (Å²) in [6.45, 7) is 9.62. The number of rotatable bonds is 8. The van der Waals surface area contributed by atoms with Gasteiger partial charge in [0, 0.05) is 56.2 Å². The van der Waals surface area contributed by atoms with Crippen molar-refractivity contribution in [1.29, 1.82) is 0 Å². The largest absolute Gasteiger partial charge is 0.381 e. The van der Waals surface area contributed by atoms with Crippen LogP contribution in [0.25, 0.3) is 0 Å². The fraction of sp³-hybridized carbons (Fsp3) is 0.565. The van der Waals surface area contributed by atoms with Crippen molar-refractivity contribution in [3.63, 3.8) is 0 Å². The van der Waals surface area contributed by atoms with Crippen LogP contribution >= 0.6 is 11.3 Å². The molecule has 164 valence electrons. The van der Waals surface area contributed by atoms with Gasteiger partial charge < -0.3 is 20.7 Å². The third kappa shape index (κ3) is 6.27. The monoisotopic (exact) mass is 429 g/mol. The fourth-order valence-electron chi connectivity index (χ4n) is 3.83. The molecule has 0 saturated carbocycles. The summed E-state index contributed by atoms with van der Waals surface area (Å²) in [5.74, 6) is 0.833. The Balaban J connectivity index is 1.54. The number of nitrogens with one attached hydrogen (secondary N) is 3. The number of ether oxygens (including phenoxy) is 1. The van der Waals surface area contributed by atoms with Crippen LogP contribution in [-0.2, 0) is 11.2 Å². The van der Waals surface area contributed by atoms with Crippen molar-refractivity contribution >= 4 is 17.3 Å². The van der Waals surface area contributed by atoms with Gasteiger partial charge in [-0.1, -0.05) is 30.3 Å². The van der Waals surface area contributed by atoms with Crippen LogP contribution in [0.15, 0.2) is 35.3 Å².